The van der Waals surface area contributed by atoms with Crippen LogP contribution < -0.4 is 10.1 Å². The van der Waals surface area contributed by atoms with Crippen molar-refractivity contribution >= 4 is 23.6 Å². The Kier molecular flexibility index (Phi) is 7.18. The number of nitrogens with one attached hydrogen (secondary N) is 1. The van der Waals surface area contributed by atoms with Crippen LogP contribution in [0.2, 0.25) is 5.02 Å². The van der Waals surface area contributed by atoms with E-state index in [4.69, 9.17) is 21.1 Å². The summed E-state index contributed by atoms with van der Waals surface area (Å²) in [5.74, 6) is 0.602. The fraction of sp³-hybridized carbons (Fsp3) is 0.529. The zero-order chi connectivity index (χ0) is 17.4. The van der Waals surface area contributed by atoms with E-state index < -0.39 is 0 Å². The van der Waals surface area contributed by atoms with Gasteiger partial charge in [0.25, 0.3) is 0 Å². The Morgan fingerprint density at radius 1 is 1.33 bits per heavy atom. The topological polar surface area (TPSA) is 67.9 Å². The van der Waals surface area contributed by atoms with Crippen LogP contribution in [0.25, 0.3) is 0 Å². The Labute approximate surface area is 147 Å². The molecule has 1 fully saturated rings. The number of rotatable bonds is 6. The maximum Gasteiger partial charge on any atom is 0.409 e. The summed E-state index contributed by atoms with van der Waals surface area (Å²) >= 11 is 5.87. The summed E-state index contributed by atoms with van der Waals surface area (Å²) in [4.78, 5) is 25.3. The Morgan fingerprint density at radius 2 is 2.08 bits per heavy atom. The normalized spacial score (nSPS) is 15.0. The number of benzene rings is 1. The highest BCUT2D eigenvalue weighted by atomic mass is 35.5. The van der Waals surface area contributed by atoms with Crippen molar-refractivity contribution < 1.29 is 19.1 Å². The highest BCUT2D eigenvalue weighted by molar-refractivity contribution is 6.30. The van der Waals surface area contributed by atoms with Crippen LogP contribution in [-0.4, -0.2) is 49.2 Å². The third-order valence-electron chi connectivity index (χ3n) is 3.78. The van der Waals surface area contributed by atoms with Gasteiger partial charge in [-0.15, -0.1) is 0 Å². The lowest BCUT2D eigenvalue weighted by Crippen LogP contribution is -2.46. The summed E-state index contributed by atoms with van der Waals surface area (Å²) in [5, 5.41) is 3.59. The molecule has 1 aliphatic heterocycles. The number of carbonyl (C=O) groups is 2. The minimum atomic E-state index is -0.280. The fourth-order valence-electron chi connectivity index (χ4n) is 2.54. The third-order valence-corrected chi connectivity index (χ3v) is 4.02. The summed E-state index contributed by atoms with van der Waals surface area (Å²) in [6, 6.07) is 7.17. The van der Waals surface area contributed by atoms with Crippen LogP contribution in [0.5, 0.6) is 5.75 Å². The van der Waals surface area contributed by atoms with E-state index >= 15 is 0 Å². The van der Waals surface area contributed by atoms with Gasteiger partial charge in [-0.1, -0.05) is 17.7 Å². The number of likely N-dealkylation sites (tertiary alicyclic amines) is 1. The Hall–Kier alpha value is -1.95. The molecule has 7 heteroatoms. The third kappa shape index (κ3) is 5.92. The maximum absolute atomic E-state index is 12.0. The van der Waals surface area contributed by atoms with E-state index in [-0.39, 0.29) is 24.5 Å². The molecule has 1 heterocycles. The van der Waals surface area contributed by atoms with Crippen LogP contribution in [0.1, 0.15) is 26.2 Å². The molecule has 6 nitrogen and oxygen atoms in total. The molecule has 0 aliphatic carbocycles. The second-order valence-corrected chi connectivity index (χ2v) is 6.02. The summed E-state index contributed by atoms with van der Waals surface area (Å²) < 4.78 is 10.5. The first-order valence-electron chi connectivity index (χ1n) is 8.18. The lowest BCUT2D eigenvalue weighted by molar-refractivity contribution is -0.122. The lowest BCUT2D eigenvalue weighted by atomic mass is 10.1. The monoisotopic (exact) mass is 354 g/mol. The molecule has 0 saturated carbocycles. The number of hydrogen-bond acceptors (Lipinski definition) is 4. The average molecular weight is 355 g/mol. The molecule has 132 valence electrons. The van der Waals surface area contributed by atoms with Gasteiger partial charge in [-0.3, -0.25) is 4.79 Å². The molecule has 0 radical (unpaired) electrons. The van der Waals surface area contributed by atoms with Crippen LogP contribution in [0.4, 0.5) is 4.79 Å². The number of carbonyl (C=O) groups excluding carboxylic acids is 2. The van der Waals surface area contributed by atoms with E-state index in [1.54, 1.807) is 36.1 Å². The van der Waals surface area contributed by atoms with Crippen molar-refractivity contribution in [2.24, 2.45) is 0 Å². The van der Waals surface area contributed by atoms with Crippen molar-refractivity contribution in [1.29, 1.82) is 0 Å². The molecule has 0 atom stereocenters. The molecule has 1 aromatic carbocycles. The number of piperidine rings is 1. The first kappa shape index (κ1) is 18.4. The van der Waals surface area contributed by atoms with E-state index in [0.717, 1.165) is 12.8 Å². The molecule has 0 bridgehead atoms. The molecule has 0 unspecified atom stereocenters. The van der Waals surface area contributed by atoms with Crippen molar-refractivity contribution in [1.82, 2.24) is 10.2 Å². The van der Waals surface area contributed by atoms with Crippen LogP contribution in [-0.2, 0) is 9.53 Å². The van der Waals surface area contributed by atoms with Crippen LogP contribution in [0.15, 0.2) is 24.3 Å². The van der Waals surface area contributed by atoms with Gasteiger partial charge in [0.15, 0.2) is 0 Å². The predicted molar refractivity (Wildman–Crippen MR) is 91.3 cm³/mol. The molecule has 24 heavy (non-hydrogen) atoms. The molecule has 1 N–H and O–H groups in total. The zero-order valence-electron chi connectivity index (χ0n) is 13.8. The fourth-order valence-corrected chi connectivity index (χ4v) is 2.72. The van der Waals surface area contributed by atoms with E-state index in [0.29, 0.717) is 37.1 Å². The SMILES string of the molecule is CCOC(=O)N1CCC(NC(=O)CCOc2cccc(Cl)c2)CC1. The van der Waals surface area contributed by atoms with Gasteiger partial charge in [-0.25, -0.2) is 4.79 Å². The summed E-state index contributed by atoms with van der Waals surface area (Å²) in [7, 11) is 0. The number of ether oxygens (including phenoxy) is 2. The minimum absolute atomic E-state index is 0.0494. The number of nitrogens with zero attached hydrogens (tertiary/aromatic N) is 1. The molecule has 2 amide bonds. The predicted octanol–water partition coefficient (Wildman–Crippen LogP) is 2.85. The van der Waals surface area contributed by atoms with Crippen LogP contribution >= 0.6 is 11.6 Å². The van der Waals surface area contributed by atoms with Gasteiger partial charge < -0.3 is 19.7 Å². The second-order valence-electron chi connectivity index (χ2n) is 5.58. The Balaban J connectivity index is 1.64. The van der Waals surface area contributed by atoms with Crippen molar-refractivity contribution in [3.05, 3.63) is 29.3 Å². The Bertz CT molecular complexity index is 559. The Morgan fingerprint density at radius 3 is 2.75 bits per heavy atom. The van der Waals surface area contributed by atoms with Crippen molar-refractivity contribution in [2.75, 3.05) is 26.3 Å². The van der Waals surface area contributed by atoms with Crippen molar-refractivity contribution in [3.63, 3.8) is 0 Å². The molecule has 1 aromatic rings. The smallest absolute Gasteiger partial charge is 0.409 e. The van der Waals surface area contributed by atoms with Gasteiger partial charge in [0.1, 0.15) is 5.75 Å². The second kappa shape index (κ2) is 9.37. The van der Waals surface area contributed by atoms with E-state index in [1.165, 1.54) is 0 Å². The van der Waals surface area contributed by atoms with Crippen LogP contribution in [0.3, 0.4) is 0 Å². The standard InChI is InChI=1S/C17H23ClN2O4/c1-2-23-17(22)20-9-6-14(7-10-20)19-16(21)8-11-24-15-5-3-4-13(18)12-15/h3-5,12,14H,2,6-11H2,1H3,(H,19,21). The first-order chi connectivity index (χ1) is 11.6. The van der Waals surface area contributed by atoms with Gasteiger partial charge >= 0.3 is 6.09 Å². The van der Waals surface area contributed by atoms with Crippen molar-refractivity contribution in [3.8, 4) is 5.75 Å². The quantitative estimate of drug-likeness (QED) is 0.853. The number of halogens is 1. The van der Waals surface area contributed by atoms with E-state index in [9.17, 15) is 9.59 Å². The van der Waals surface area contributed by atoms with Gasteiger partial charge in [0.05, 0.1) is 19.6 Å². The van der Waals surface area contributed by atoms with E-state index in [1.807, 2.05) is 0 Å². The highest BCUT2D eigenvalue weighted by Crippen LogP contribution is 2.17. The summed E-state index contributed by atoms with van der Waals surface area (Å²) in [6.45, 7) is 3.66. The molecular weight excluding hydrogens is 332 g/mol. The molecule has 2 rings (SSSR count). The van der Waals surface area contributed by atoms with Gasteiger partial charge in [-0.05, 0) is 38.0 Å². The van der Waals surface area contributed by atoms with Crippen LogP contribution in [0, 0.1) is 0 Å². The average Bonchev–Trinajstić information content (AvgIpc) is 2.56. The van der Waals surface area contributed by atoms with E-state index in [2.05, 4.69) is 5.32 Å². The summed E-state index contributed by atoms with van der Waals surface area (Å²) in [5.41, 5.74) is 0. The summed E-state index contributed by atoms with van der Waals surface area (Å²) in [6.07, 6.45) is 1.47. The number of hydrogen-bond donors (Lipinski definition) is 1. The van der Waals surface area contributed by atoms with Gasteiger partial charge in [-0.2, -0.15) is 0 Å². The molecule has 1 aliphatic rings. The van der Waals surface area contributed by atoms with Crippen molar-refractivity contribution in [2.45, 2.75) is 32.2 Å². The molecule has 0 spiro atoms. The van der Waals surface area contributed by atoms with Gasteiger partial charge in [0, 0.05) is 24.2 Å². The highest BCUT2D eigenvalue weighted by Gasteiger charge is 2.24. The lowest BCUT2D eigenvalue weighted by Gasteiger charge is -2.31. The molecular formula is C17H23ClN2O4. The largest absolute Gasteiger partial charge is 0.493 e. The maximum atomic E-state index is 12.0. The minimum Gasteiger partial charge on any atom is -0.493 e. The zero-order valence-corrected chi connectivity index (χ0v) is 14.6. The van der Waals surface area contributed by atoms with Gasteiger partial charge in [0.2, 0.25) is 5.91 Å². The molecule has 1 saturated heterocycles. The first-order valence-corrected chi connectivity index (χ1v) is 8.55. The molecule has 0 aromatic heterocycles. The number of amides is 2.